The van der Waals surface area contributed by atoms with Crippen molar-refractivity contribution >= 4 is 22.9 Å². The first-order valence-corrected chi connectivity index (χ1v) is 6.67. The molecular formula is C13H14ClNOS. The van der Waals surface area contributed by atoms with E-state index in [0.29, 0.717) is 5.02 Å². The zero-order valence-corrected chi connectivity index (χ0v) is 10.8. The summed E-state index contributed by atoms with van der Waals surface area (Å²) in [6.45, 7) is 0.821. The van der Waals surface area contributed by atoms with Crippen LogP contribution in [0.1, 0.15) is 16.5 Å². The number of rotatable bonds is 5. The van der Waals surface area contributed by atoms with Crippen molar-refractivity contribution in [3.05, 3.63) is 57.2 Å². The lowest BCUT2D eigenvalue weighted by Gasteiger charge is -2.16. The Labute approximate surface area is 110 Å². The first-order valence-electron chi connectivity index (χ1n) is 5.41. The van der Waals surface area contributed by atoms with Crippen LogP contribution in [-0.4, -0.2) is 11.7 Å². The van der Waals surface area contributed by atoms with E-state index in [1.165, 1.54) is 4.88 Å². The Hall–Kier alpha value is -0.870. The lowest BCUT2D eigenvalue weighted by Crippen LogP contribution is -2.23. The standard InChI is InChI=1S/C13H14ClNOS/c14-11-4-1-3-10(7-11)13(9-16)15-8-12-5-2-6-17-12/h1-7,13,15-16H,8-9H2. The quantitative estimate of drug-likeness (QED) is 0.872. The lowest BCUT2D eigenvalue weighted by atomic mass is 10.1. The minimum atomic E-state index is -0.0733. The van der Waals surface area contributed by atoms with Crippen LogP contribution in [0, 0.1) is 0 Å². The number of aliphatic hydroxyl groups is 1. The first kappa shape index (κ1) is 12.6. The minimum absolute atomic E-state index is 0.0612. The predicted molar refractivity (Wildman–Crippen MR) is 72.4 cm³/mol. The summed E-state index contributed by atoms with van der Waals surface area (Å²) in [6, 6.07) is 11.6. The number of hydrogen-bond acceptors (Lipinski definition) is 3. The lowest BCUT2D eigenvalue weighted by molar-refractivity contribution is 0.244. The highest BCUT2D eigenvalue weighted by Gasteiger charge is 2.10. The molecule has 1 unspecified atom stereocenters. The highest BCUT2D eigenvalue weighted by Crippen LogP contribution is 2.18. The van der Waals surface area contributed by atoms with Crippen molar-refractivity contribution in [2.45, 2.75) is 12.6 Å². The molecule has 2 N–H and O–H groups in total. The van der Waals surface area contributed by atoms with Crippen LogP contribution in [0.3, 0.4) is 0 Å². The molecule has 0 radical (unpaired) electrons. The Balaban J connectivity index is 2.01. The van der Waals surface area contributed by atoms with Gasteiger partial charge in [-0.1, -0.05) is 29.8 Å². The molecule has 2 aromatic rings. The highest BCUT2D eigenvalue weighted by molar-refractivity contribution is 7.09. The Morgan fingerprint density at radius 1 is 1.29 bits per heavy atom. The molecule has 0 spiro atoms. The number of nitrogens with one attached hydrogen (secondary N) is 1. The van der Waals surface area contributed by atoms with Gasteiger partial charge in [-0.2, -0.15) is 0 Å². The SMILES string of the molecule is OCC(NCc1cccs1)c1cccc(Cl)c1. The maximum Gasteiger partial charge on any atom is 0.0626 e. The molecular weight excluding hydrogens is 254 g/mol. The molecule has 0 amide bonds. The van der Waals surface area contributed by atoms with Gasteiger partial charge in [-0.15, -0.1) is 11.3 Å². The molecule has 17 heavy (non-hydrogen) atoms. The Morgan fingerprint density at radius 2 is 2.18 bits per heavy atom. The second-order valence-corrected chi connectivity index (χ2v) is 5.22. The largest absolute Gasteiger partial charge is 0.394 e. The van der Waals surface area contributed by atoms with Crippen molar-refractivity contribution in [3.63, 3.8) is 0 Å². The van der Waals surface area contributed by atoms with Gasteiger partial charge in [0, 0.05) is 16.4 Å². The van der Waals surface area contributed by atoms with E-state index in [9.17, 15) is 5.11 Å². The Kier molecular flexibility index (Phi) is 4.57. The van der Waals surface area contributed by atoms with Gasteiger partial charge in [-0.05, 0) is 29.1 Å². The predicted octanol–water partition coefficient (Wildman–Crippen LogP) is 3.22. The van der Waals surface area contributed by atoms with Crippen LogP contribution in [0.25, 0.3) is 0 Å². The molecule has 4 heteroatoms. The number of hydrogen-bond donors (Lipinski definition) is 2. The van der Waals surface area contributed by atoms with E-state index >= 15 is 0 Å². The molecule has 1 aromatic heterocycles. The van der Waals surface area contributed by atoms with Gasteiger partial charge in [0.2, 0.25) is 0 Å². The summed E-state index contributed by atoms with van der Waals surface area (Å²) in [5.41, 5.74) is 1.01. The third kappa shape index (κ3) is 3.54. The van der Waals surface area contributed by atoms with Crippen molar-refractivity contribution in [1.29, 1.82) is 0 Å². The van der Waals surface area contributed by atoms with Crippen molar-refractivity contribution in [2.75, 3.05) is 6.61 Å². The van der Waals surface area contributed by atoms with Gasteiger partial charge in [0.15, 0.2) is 0 Å². The van der Waals surface area contributed by atoms with Crippen molar-refractivity contribution in [3.8, 4) is 0 Å². The number of aliphatic hydroxyl groups excluding tert-OH is 1. The Bertz CT molecular complexity index is 458. The molecule has 1 aromatic carbocycles. The zero-order chi connectivity index (χ0) is 12.1. The summed E-state index contributed by atoms with van der Waals surface area (Å²) in [6.07, 6.45) is 0. The van der Waals surface area contributed by atoms with Gasteiger partial charge in [-0.3, -0.25) is 0 Å². The second kappa shape index (κ2) is 6.17. The van der Waals surface area contributed by atoms with E-state index < -0.39 is 0 Å². The zero-order valence-electron chi connectivity index (χ0n) is 9.27. The molecule has 1 heterocycles. The van der Waals surface area contributed by atoms with Gasteiger partial charge in [0.05, 0.1) is 12.6 Å². The average molecular weight is 268 g/mol. The third-order valence-corrected chi connectivity index (χ3v) is 3.65. The summed E-state index contributed by atoms with van der Waals surface area (Å²) >= 11 is 7.64. The fraction of sp³-hybridized carbons (Fsp3) is 0.231. The summed E-state index contributed by atoms with van der Waals surface area (Å²) in [5.74, 6) is 0. The summed E-state index contributed by atoms with van der Waals surface area (Å²) in [4.78, 5) is 1.26. The van der Waals surface area contributed by atoms with Crippen LogP contribution in [0.5, 0.6) is 0 Å². The van der Waals surface area contributed by atoms with Gasteiger partial charge in [0.1, 0.15) is 0 Å². The van der Waals surface area contributed by atoms with E-state index in [-0.39, 0.29) is 12.6 Å². The molecule has 0 saturated carbocycles. The number of thiophene rings is 1. The average Bonchev–Trinajstić information content (AvgIpc) is 2.83. The van der Waals surface area contributed by atoms with Crippen LogP contribution in [0.2, 0.25) is 5.02 Å². The highest BCUT2D eigenvalue weighted by atomic mass is 35.5. The normalized spacial score (nSPS) is 12.6. The molecule has 1 atom stereocenters. The molecule has 0 fully saturated rings. The topological polar surface area (TPSA) is 32.3 Å². The maximum absolute atomic E-state index is 9.40. The van der Waals surface area contributed by atoms with Crippen molar-refractivity contribution in [2.24, 2.45) is 0 Å². The van der Waals surface area contributed by atoms with Gasteiger partial charge < -0.3 is 10.4 Å². The monoisotopic (exact) mass is 267 g/mol. The summed E-state index contributed by atoms with van der Waals surface area (Å²) in [5, 5.41) is 15.5. The van der Waals surface area contributed by atoms with Crippen LogP contribution < -0.4 is 5.32 Å². The fourth-order valence-electron chi connectivity index (χ4n) is 1.65. The summed E-state index contributed by atoms with van der Waals surface area (Å²) in [7, 11) is 0. The van der Waals surface area contributed by atoms with Crippen LogP contribution in [0.4, 0.5) is 0 Å². The van der Waals surface area contributed by atoms with Gasteiger partial charge >= 0.3 is 0 Å². The van der Waals surface area contributed by atoms with Crippen molar-refractivity contribution < 1.29 is 5.11 Å². The molecule has 90 valence electrons. The molecule has 0 aliphatic rings. The van der Waals surface area contributed by atoms with Crippen LogP contribution >= 0.6 is 22.9 Å². The minimum Gasteiger partial charge on any atom is -0.394 e. The first-order chi connectivity index (χ1) is 8.29. The smallest absolute Gasteiger partial charge is 0.0626 e. The van der Waals surface area contributed by atoms with E-state index in [4.69, 9.17) is 11.6 Å². The number of halogens is 1. The van der Waals surface area contributed by atoms with Gasteiger partial charge in [-0.25, -0.2) is 0 Å². The van der Waals surface area contributed by atoms with Gasteiger partial charge in [0.25, 0.3) is 0 Å². The number of benzene rings is 1. The van der Waals surface area contributed by atoms with Crippen molar-refractivity contribution in [1.82, 2.24) is 5.32 Å². The van der Waals surface area contributed by atoms with E-state index in [1.54, 1.807) is 11.3 Å². The maximum atomic E-state index is 9.40. The molecule has 0 aliphatic heterocycles. The summed E-state index contributed by atoms with van der Waals surface area (Å²) < 4.78 is 0. The van der Waals surface area contributed by atoms with E-state index in [2.05, 4.69) is 11.4 Å². The van der Waals surface area contributed by atoms with E-state index in [0.717, 1.165) is 12.1 Å². The molecule has 0 aliphatic carbocycles. The molecule has 2 nitrogen and oxygen atoms in total. The molecule has 0 saturated heterocycles. The second-order valence-electron chi connectivity index (χ2n) is 3.75. The molecule has 0 bridgehead atoms. The molecule has 2 rings (SSSR count). The fourth-order valence-corrected chi connectivity index (χ4v) is 2.50. The van der Waals surface area contributed by atoms with Crippen LogP contribution in [-0.2, 0) is 6.54 Å². The van der Waals surface area contributed by atoms with E-state index in [1.807, 2.05) is 35.7 Å². The Morgan fingerprint density at radius 3 is 2.82 bits per heavy atom. The third-order valence-electron chi connectivity index (χ3n) is 2.54. The van der Waals surface area contributed by atoms with Crippen LogP contribution in [0.15, 0.2) is 41.8 Å².